The van der Waals surface area contributed by atoms with Gasteiger partial charge in [0, 0.05) is 13.0 Å². The molecule has 1 saturated heterocycles. The Kier molecular flexibility index (Phi) is 19.8. The fourth-order valence-electron chi connectivity index (χ4n) is 5.60. The molecule has 1 aliphatic heterocycles. The Morgan fingerprint density at radius 2 is 1.56 bits per heavy atom. The fourth-order valence-corrected chi connectivity index (χ4v) is 5.60. The molecule has 296 valence electrons. The van der Waals surface area contributed by atoms with Crippen LogP contribution in [-0.2, 0) is 38.4 Å². The number of rotatable bonds is 23. The Morgan fingerprint density at radius 1 is 0.904 bits per heavy atom. The number of amides is 7. The number of carbonyl (C=O) groups is 8. The molecule has 20 heteroatoms. The van der Waals surface area contributed by atoms with E-state index in [1.807, 2.05) is 13.8 Å². The van der Waals surface area contributed by atoms with Crippen molar-refractivity contribution in [2.45, 2.75) is 122 Å². The summed E-state index contributed by atoms with van der Waals surface area (Å²) < 4.78 is 0. The maximum Gasteiger partial charge on any atom is 0.326 e. The Balaban J connectivity index is 2.88. The molecule has 0 bridgehead atoms. The van der Waals surface area contributed by atoms with E-state index in [1.54, 1.807) is 13.8 Å². The number of nitrogens with zero attached hydrogens (tertiary/aromatic N) is 1. The number of likely N-dealkylation sites (tertiary alicyclic amines) is 1. The lowest BCUT2D eigenvalue weighted by Gasteiger charge is -2.28. The highest BCUT2D eigenvalue weighted by Gasteiger charge is 2.39. The second kappa shape index (κ2) is 22.5. The second-order valence-corrected chi connectivity index (χ2v) is 13.6. The molecule has 7 atom stereocenters. The standard InChI is InChI=1S/C32H59N11O9/c1-6-17(4)25(29(49)38-15-24(45)40-20(31(51)52)9-7-11-37-32(35)36)42-26(46)18(5)39-27(47)21(14-23(34)44)41-28(48)22-10-8-12-43(22)30(50)19(33)13-16(2)3/h16-22,25,32,37H,6-15,33,35-36H2,1-5H3,(H2,34,44)(H,38,49)(H,39,47)(H,40,45)(H,41,48)(H,42,46)(H,51,52)/p+1/t17-,18-,19-,20-,21-,22-,25-/m0/s1. The molecule has 1 rings (SSSR count). The highest BCUT2D eigenvalue weighted by Crippen LogP contribution is 2.20. The van der Waals surface area contributed by atoms with Crippen molar-refractivity contribution in [2.75, 3.05) is 19.6 Å². The van der Waals surface area contributed by atoms with E-state index in [1.165, 1.54) is 11.8 Å². The molecule has 0 radical (unpaired) electrons. The topological polar surface area (TPSA) is 338 Å². The summed E-state index contributed by atoms with van der Waals surface area (Å²) in [4.78, 5) is 103. The van der Waals surface area contributed by atoms with Gasteiger partial charge in [-0.25, -0.2) is 4.79 Å². The quantitative estimate of drug-likeness (QED) is 0.0348. The van der Waals surface area contributed by atoms with Crippen LogP contribution in [0.1, 0.15) is 79.6 Å². The molecule has 0 aliphatic carbocycles. The summed E-state index contributed by atoms with van der Waals surface area (Å²) in [6.45, 7) is 8.79. The SMILES string of the molecule is CC[C@H](C)[C@H](NC(=O)[C@H](C)NC(=O)[C@H](CC(N)=O)NC(=O)[C@@H]1CCCN1C(=O)[C@@H]([NH3+])CC(C)C)C(=O)NCC(=O)N[C@@H](CCCNC(N)N)C(=O)O. The summed E-state index contributed by atoms with van der Waals surface area (Å²) in [7, 11) is 0. The van der Waals surface area contributed by atoms with Crippen LogP contribution in [-0.4, -0.2) is 120 Å². The van der Waals surface area contributed by atoms with Gasteiger partial charge in [0.25, 0.3) is 5.91 Å². The van der Waals surface area contributed by atoms with Crippen LogP contribution < -0.4 is 54.8 Å². The molecule has 0 aromatic rings. The summed E-state index contributed by atoms with van der Waals surface area (Å²) in [5.74, 6) is -6.48. The number of hydrogen-bond donors (Lipinski definition) is 11. The van der Waals surface area contributed by atoms with Gasteiger partial charge in [0.15, 0.2) is 6.04 Å². The summed E-state index contributed by atoms with van der Waals surface area (Å²) in [6, 6.07) is -6.52. The largest absolute Gasteiger partial charge is 0.480 e. The van der Waals surface area contributed by atoms with E-state index in [0.717, 1.165) is 0 Å². The van der Waals surface area contributed by atoms with E-state index in [2.05, 4.69) is 37.6 Å². The Labute approximate surface area is 304 Å². The molecule has 0 aromatic heterocycles. The summed E-state index contributed by atoms with van der Waals surface area (Å²) >= 11 is 0. The zero-order chi connectivity index (χ0) is 39.7. The smallest absolute Gasteiger partial charge is 0.326 e. The van der Waals surface area contributed by atoms with Crippen molar-refractivity contribution in [2.24, 2.45) is 29.0 Å². The van der Waals surface area contributed by atoms with Crippen molar-refractivity contribution in [3.8, 4) is 0 Å². The van der Waals surface area contributed by atoms with E-state index in [-0.39, 0.29) is 18.2 Å². The minimum atomic E-state index is -1.46. The Morgan fingerprint density at radius 3 is 2.12 bits per heavy atom. The number of nitrogens with two attached hydrogens (primary N) is 3. The van der Waals surface area contributed by atoms with Gasteiger partial charge in [0.1, 0.15) is 36.5 Å². The maximum atomic E-state index is 13.3. The second-order valence-electron chi connectivity index (χ2n) is 13.6. The molecule has 0 aromatic carbocycles. The first kappa shape index (κ1) is 45.6. The molecule has 52 heavy (non-hydrogen) atoms. The number of carboxylic acids is 1. The van der Waals surface area contributed by atoms with Gasteiger partial charge in [-0.05, 0) is 51.0 Å². The average Bonchev–Trinajstić information content (AvgIpc) is 3.55. The number of carboxylic acid groups (broad SMARTS) is 1. The molecule has 16 N–H and O–H groups in total. The Hall–Kier alpha value is -4.40. The van der Waals surface area contributed by atoms with E-state index < -0.39 is 103 Å². The number of hydrogen-bond acceptors (Lipinski definition) is 11. The van der Waals surface area contributed by atoms with Gasteiger partial charge in [0.05, 0.1) is 13.0 Å². The first-order valence-electron chi connectivity index (χ1n) is 17.7. The lowest BCUT2D eigenvalue weighted by atomic mass is 9.98. The minimum Gasteiger partial charge on any atom is -0.480 e. The zero-order valence-electron chi connectivity index (χ0n) is 30.9. The third kappa shape index (κ3) is 15.9. The van der Waals surface area contributed by atoms with Crippen LogP contribution in [0.25, 0.3) is 0 Å². The maximum absolute atomic E-state index is 13.3. The number of primary amides is 1. The predicted octanol–water partition coefficient (Wildman–Crippen LogP) is -4.71. The molecule has 0 spiro atoms. The van der Waals surface area contributed by atoms with Crippen LogP contribution in [0.2, 0.25) is 0 Å². The average molecular weight is 743 g/mol. The third-order valence-corrected chi connectivity index (χ3v) is 8.63. The molecule has 0 unspecified atom stereocenters. The number of carbonyl (C=O) groups excluding carboxylic acids is 7. The van der Waals surface area contributed by atoms with Gasteiger partial charge in [0.2, 0.25) is 35.4 Å². The third-order valence-electron chi connectivity index (χ3n) is 8.63. The monoisotopic (exact) mass is 742 g/mol. The normalized spacial score (nSPS) is 17.7. The van der Waals surface area contributed by atoms with Crippen molar-refractivity contribution >= 4 is 47.3 Å². The lowest BCUT2D eigenvalue weighted by molar-refractivity contribution is -0.408. The number of quaternary nitrogens is 1. The molecule has 1 fully saturated rings. The predicted molar refractivity (Wildman–Crippen MR) is 188 cm³/mol. The van der Waals surface area contributed by atoms with E-state index in [4.69, 9.17) is 17.2 Å². The molecule has 7 amide bonds. The van der Waals surface area contributed by atoms with Crippen LogP contribution in [0.4, 0.5) is 0 Å². The Bertz CT molecular complexity index is 1270. The first-order valence-corrected chi connectivity index (χ1v) is 17.7. The summed E-state index contributed by atoms with van der Waals surface area (Å²) in [5, 5.41) is 24.4. The van der Waals surface area contributed by atoms with Crippen molar-refractivity contribution < 1.29 is 49.2 Å². The highest BCUT2D eigenvalue weighted by atomic mass is 16.4. The van der Waals surface area contributed by atoms with Crippen LogP contribution in [0.5, 0.6) is 0 Å². The molecule has 1 heterocycles. The van der Waals surface area contributed by atoms with Gasteiger partial charge in [-0.2, -0.15) is 0 Å². The van der Waals surface area contributed by atoms with Gasteiger partial charge < -0.3 is 59.5 Å². The lowest BCUT2D eigenvalue weighted by Crippen LogP contribution is -2.69. The minimum absolute atomic E-state index is 0.0714. The molecule has 1 aliphatic rings. The van der Waals surface area contributed by atoms with Crippen molar-refractivity contribution in [3.63, 3.8) is 0 Å². The van der Waals surface area contributed by atoms with Crippen LogP contribution in [0, 0.1) is 11.8 Å². The van der Waals surface area contributed by atoms with Crippen molar-refractivity contribution in [1.29, 1.82) is 0 Å². The van der Waals surface area contributed by atoms with Crippen LogP contribution in [0.3, 0.4) is 0 Å². The molecular formula is C32H60N11O9+. The van der Waals surface area contributed by atoms with Gasteiger partial charge in [-0.15, -0.1) is 0 Å². The number of nitrogens with one attached hydrogen (secondary N) is 6. The number of aliphatic carboxylic acids is 1. The van der Waals surface area contributed by atoms with Crippen molar-refractivity contribution in [3.05, 3.63) is 0 Å². The highest BCUT2D eigenvalue weighted by molar-refractivity contribution is 5.98. The van der Waals surface area contributed by atoms with Gasteiger partial charge in [-0.3, -0.25) is 38.9 Å². The van der Waals surface area contributed by atoms with Crippen LogP contribution in [0.15, 0.2) is 0 Å². The molecule has 0 saturated carbocycles. The summed E-state index contributed by atoms with van der Waals surface area (Å²) in [5.41, 5.74) is 20.1. The summed E-state index contributed by atoms with van der Waals surface area (Å²) in [6.07, 6.45) is 0.934. The van der Waals surface area contributed by atoms with Gasteiger partial charge in [-0.1, -0.05) is 34.1 Å². The van der Waals surface area contributed by atoms with E-state index in [0.29, 0.717) is 45.2 Å². The van der Waals surface area contributed by atoms with Crippen molar-refractivity contribution in [1.82, 2.24) is 36.8 Å². The van der Waals surface area contributed by atoms with Crippen LogP contribution >= 0.6 is 0 Å². The molecule has 20 nitrogen and oxygen atoms in total. The molecular weight excluding hydrogens is 682 g/mol. The first-order chi connectivity index (χ1) is 24.3. The van der Waals surface area contributed by atoms with E-state index in [9.17, 15) is 43.5 Å². The fraction of sp³-hybridized carbons (Fsp3) is 0.750. The van der Waals surface area contributed by atoms with E-state index >= 15 is 0 Å². The van der Waals surface area contributed by atoms with Gasteiger partial charge >= 0.3 is 5.97 Å². The zero-order valence-corrected chi connectivity index (χ0v) is 30.9.